The Morgan fingerprint density at radius 2 is 1.48 bits per heavy atom. The predicted octanol–water partition coefficient (Wildman–Crippen LogP) is 4.95. The van der Waals surface area contributed by atoms with E-state index in [-0.39, 0.29) is 5.56 Å². The molecule has 33 heavy (non-hydrogen) atoms. The number of Topliss-reactive ketones (excluding diaryl/α,β-unsaturated/α-hetero) is 1. The van der Waals surface area contributed by atoms with Crippen molar-refractivity contribution in [3.05, 3.63) is 102 Å². The van der Waals surface area contributed by atoms with Gasteiger partial charge in [0.25, 0.3) is 0 Å². The number of alkyl halides is 2. The zero-order valence-electron chi connectivity index (χ0n) is 16.9. The summed E-state index contributed by atoms with van der Waals surface area (Å²) in [7, 11) is -4.79. The van der Waals surface area contributed by atoms with Crippen LogP contribution in [0.25, 0.3) is 10.9 Å². The van der Waals surface area contributed by atoms with Crippen molar-refractivity contribution in [3.63, 3.8) is 0 Å². The highest BCUT2D eigenvalue weighted by Crippen LogP contribution is 2.28. The Kier molecular flexibility index (Phi) is 6.06. The van der Waals surface area contributed by atoms with Gasteiger partial charge in [0.15, 0.2) is 6.10 Å². The maximum absolute atomic E-state index is 13.4. The number of aromatic nitrogens is 1. The van der Waals surface area contributed by atoms with Crippen LogP contribution in [-0.4, -0.2) is 30.9 Å². The topological polar surface area (TPSA) is 93.3 Å². The zero-order chi connectivity index (χ0) is 23.6. The van der Waals surface area contributed by atoms with Crippen LogP contribution >= 0.6 is 0 Å². The van der Waals surface area contributed by atoms with Crippen LogP contribution in [0.1, 0.15) is 32.4 Å². The number of hydrogen-bond acceptors (Lipinski definition) is 5. The number of esters is 1. The van der Waals surface area contributed by atoms with Gasteiger partial charge in [-0.1, -0.05) is 48.5 Å². The van der Waals surface area contributed by atoms with Crippen LogP contribution in [0, 0.1) is 0 Å². The van der Waals surface area contributed by atoms with Crippen LogP contribution in [-0.2, 0) is 14.6 Å². The number of H-pyrrole nitrogens is 1. The van der Waals surface area contributed by atoms with Gasteiger partial charge in [0.1, 0.15) is 0 Å². The third-order valence-electron chi connectivity index (χ3n) is 5.07. The number of ether oxygens (including phenoxy) is 1. The summed E-state index contributed by atoms with van der Waals surface area (Å²) in [5.74, 6) is -4.94. The Morgan fingerprint density at radius 1 is 0.848 bits per heavy atom. The molecule has 3 aromatic carbocycles. The van der Waals surface area contributed by atoms with Gasteiger partial charge in [-0.3, -0.25) is 4.79 Å². The van der Waals surface area contributed by atoms with Gasteiger partial charge in [-0.15, -0.1) is 0 Å². The Morgan fingerprint density at radius 3 is 2.15 bits per heavy atom. The molecular weight excluding hydrogens is 452 g/mol. The highest BCUT2D eigenvalue weighted by molar-refractivity contribution is 7.91. The van der Waals surface area contributed by atoms with Gasteiger partial charge in [0.05, 0.1) is 10.5 Å². The monoisotopic (exact) mass is 469 g/mol. The maximum Gasteiger partial charge on any atom is 0.341 e. The number of rotatable bonds is 7. The molecule has 0 saturated heterocycles. The molecule has 168 valence electrons. The molecule has 4 aromatic rings. The molecule has 0 amide bonds. The summed E-state index contributed by atoms with van der Waals surface area (Å²) in [4.78, 5) is 28.6. The van der Waals surface area contributed by atoms with Gasteiger partial charge >= 0.3 is 11.7 Å². The lowest BCUT2D eigenvalue weighted by molar-refractivity contribution is 0.0280. The predicted molar refractivity (Wildman–Crippen MR) is 117 cm³/mol. The Hall–Kier alpha value is -3.85. The summed E-state index contributed by atoms with van der Waals surface area (Å²) < 4.78 is 54.2. The molecule has 1 heterocycles. The number of nitrogens with one attached hydrogen (secondary N) is 1. The summed E-state index contributed by atoms with van der Waals surface area (Å²) in [5, 5.41) is 0.668. The SMILES string of the molecule is O=C(O[C@H](C(=O)c1c[nH]c2ccccc12)c1ccccc1)c1ccc(S(=O)(=O)C(F)F)cc1. The second-order valence-electron chi connectivity index (χ2n) is 7.14. The van der Waals surface area contributed by atoms with Crippen LogP contribution in [0.5, 0.6) is 0 Å². The Labute approximate surface area is 187 Å². The molecule has 4 rings (SSSR count). The molecule has 0 aliphatic rings. The molecule has 0 bridgehead atoms. The van der Waals surface area contributed by atoms with Crippen molar-refractivity contribution in [3.8, 4) is 0 Å². The lowest BCUT2D eigenvalue weighted by atomic mass is 9.99. The number of fused-ring (bicyclic) bond motifs is 1. The van der Waals surface area contributed by atoms with Crippen molar-refractivity contribution in [1.29, 1.82) is 0 Å². The molecule has 9 heteroatoms. The number of carbonyl (C=O) groups is 2. The first kappa shape index (κ1) is 22.3. The summed E-state index contributed by atoms with van der Waals surface area (Å²) in [6, 6.07) is 19.5. The molecule has 0 saturated carbocycles. The summed E-state index contributed by atoms with van der Waals surface area (Å²) in [5.41, 5.74) is 1.44. The highest BCUT2D eigenvalue weighted by atomic mass is 32.2. The van der Waals surface area contributed by atoms with E-state index in [0.29, 0.717) is 16.5 Å². The van der Waals surface area contributed by atoms with Gasteiger partial charge < -0.3 is 9.72 Å². The lowest BCUT2D eigenvalue weighted by Crippen LogP contribution is -2.20. The molecule has 1 atom stereocenters. The third-order valence-corrected chi connectivity index (χ3v) is 6.47. The summed E-state index contributed by atoms with van der Waals surface area (Å²) in [6.45, 7) is 0. The van der Waals surface area contributed by atoms with Crippen molar-refractivity contribution in [2.24, 2.45) is 0 Å². The second-order valence-corrected chi connectivity index (χ2v) is 9.06. The normalized spacial score (nSPS) is 12.6. The van der Waals surface area contributed by atoms with Crippen LogP contribution < -0.4 is 0 Å². The summed E-state index contributed by atoms with van der Waals surface area (Å²) in [6.07, 6.45) is 0.267. The van der Waals surface area contributed by atoms with E-state index in [4.69, 9.17) is 4.74 Å². The fourth-order valence-corrected chi connectivity index (χ4v) is 4.10. The Bertz CT molecular complexity index is 1410. The summed E-state index contributed by atoms with van der Waals surface area (Å²) >= 11 is 0. The number of ketones is 1. The van der Waals surface area contributed by atoms with E-state index >= 15 is 0 Å². The molecular formula is C24H17F2NO5S. The molecule has 0 unspecified atom stereocenters. The van der Waals surface area contributed by atoms with E-state index in [1.807, 2.05) is 12.1 Å². The van der Waals surface area contributed by atoms with Crippen molar-refractivity contribution < 1.29 is 31.5 Å². The number of hydrogen-bond donors (Lipinski definition) is 1. The average molecular weight is 469 g/mol. The van der Waals surface area contributed by atoms with E-state index in [2.05, 4.69) is 4.98 Å². The van der Waals surface area contributed by atoms with Crippen LogP contribution in [0.3, 0.4) is 0 Å². The van der Waals surface area contributed by atoms with Crippen molar-refractivity contribution >= 4 is 32.5 Å². The lowest BCUT2D eigenvalue weighted by Gasteiger charge is -2.17. The minimum atomic E-state index is -4.79. The quantitative estimate of drug-likeness (QED) is 0.306. The largest absolute Gasteiger partial charge is 0.445 e. The minimum Gasteiger partial charge on any atom is -0.445 e. The van der Waals surface area contributed by atoms with E-state index in [1.165, 1.54) is 0 Å². The van der Waals surface area contributed by atoms with Crippen LogP contribution in [0.15, 0.2) is 90.0 Å². The molecule has 0 fully saturated rings. The molecule has 6 nitrogen and oxygen atoms in total. The van der Waals surface area contributed by atoms with Crippen LogP contribution in [0.4, 0.5) is 8.78 Å². The first-order valence-electron chi connectivity index (χ1n) is 9.77. The fourth-order valence-electron chi connectivity index (χ4n) is 3.38. The van der Waals surface area contributed by atoms with Crippen molar-refractivity contribution in [2.75, 3.05) is 0 Å². The van der Waals surface area contributed by atoms with Crippen molar-refractivity contribution in [2.45, 2.75) is 16.8 Å². The maximum atomic E-state index is 13.4. The number of halogens is 2. The average Bonchev–Trinajstić information content (AvgIpc) is 3.27. The highest BCUT2D eigenvalue weighted by Gasteiger charge is 2.30. The zero-order valence-corrected chi connectivity index (χ0v) is 17.8. The Balaban J connectivity index is 1.65. The van der Waals surface area contributed by atoms with E-state index in [0.717, 1.165) is 29.8 Å². The number of para-hydroxylation sites is 1. The minimum absolute atomic E-state index is 0.0872. The number of sulfone groups is 1. The standard InChI is InChI=1S/C24H17F2NO5S/c25-24(26)33(30,31)17-12-10-16(11-13-17)23(29)32-22(15-6-2-1-3-7-15)21(28)19-14-27-20-9-5-4-8-18(19)20/h1-14,22,24,27H/t22-/m0/s1. The molecule has 0 aliphatic heterocycles. The number of aromatic amines is 1. The smallest absolute Gasteiger partial charge is 0.341 e. The first-order chi connectivity index (χ1) is 15.8. The second kappa shape index (κ2) is 8.95. The van der Waals surface area contributed by atoms with E-state index < -0.39 is 38.3 Å². The van der Waals surface area contributed by atoms with Crippen LogP contribution in [0.2, 0.25) is 0 Å². The van der Waals surface area contributed by atoms with Gasteiger partial charge in [-0.05, 0) is 30.3 Å². The first-order valence-corrected chi connectivity index (χ1v) is 11.3. The van der Waals surface area contributed by atoms with Gasteiger partial charge in [-0.2, -0.15) is 8.78 Å². The molecule has 1 aromatic heterocycles. The third kappa shape index (κ3) is 4.40. The van der Waals surface area contributed by atoms with E-state index in [9.17, 15) is 26.8 Å². The molecule has 0 radical (unpaired) electrons. The fraction of sp³-hybridized carbons (Fsp3) is 0.0833. The molecule has 0 spiro atoms. The molecule has 0 aliphatic carbocycles. The molecule has 1 N–H and O–H groups in total. The number of benzene rings is 3. The van der Waals surface area contributed by atoms with Gasteiger partial charge in [-0.25, -0.2) is 13.2 Å². The number of carbonyl (C=O) groups excluding carboxylic acids is 2. The van der Waals surface area contributed by atoms with Gasteiger partial charge in [0.2, 0.25) is 15.6 Å². The van der Waals surface area contributed by atoms with Gasteiger partial charge in [0, 0.05) is 28.2 Å². The van der Waals surface area contributed by atoms with E-state index in [1.54, 1.807) is 48.7 Å². The van der Waals surface area contributed by atoms with Crippen molar-refractivity contribution in [1.82, 2.24) is 4.98 Å².